The zero-order valence-electron chi connectivity index (χ0n) is 13.9. The van der Waals surface area contributed by atoms with Crippen molar-refractivity contribution >= 4 is 11.6 Å². The second-order valence-electron chi connectivity index (χ2n) is 6.71. The standard InChI is InChI=1S/C16H24N4O4/c1-2-24-14-9-13(16(14)6-3-4-7-16)18-15(21)5-8-19-11-12(10-17-19)20(22)23/h10-11,13-14H,2-9H2,1H3,(H,18,21). The summed E-state index contributed by atoms with van der Waals surface area (Å²) >= 11 is 0. The van der Waals surface area contributed by atoms with E-state index in [-0.39, 0.29) is 35.6 Å². The fourth-order valence-corrected chi connectivity index (χ4v) is 4.14. The van der Waals surface area contributed by atoms with Crippen molar-refractivity contribution in [3.8, 4) is 0 Å². The summed E-state index contributed by atoms with van der Waals surface area (Å²) in [5.74, 6) is -0.0284. The lowest BCUT2D eigenvalue weighted by atomic mass is 9.60. The molecule has 1 aromatic heterocycles. The van der Waals surface area contributed by atoms with Crippen LogP contribution >= 0.6 is 0 Å². The fourth-order valence-electron chi connectivity index (χ4n) is 4.14. The van der Waals surface area contributed by atoms with Crippen molar-refractivity contribution in [2.45, 2.75) is 64.1 Å². The molecule has 132 valence electrons. The van der Waals surface area contributed by atoms with Gasteiger partial charge in [0, 0.05) is 31.0 Å². The first kappa shape index (κ1) is 16.9. The Labute approximate surface area is 140 Å². The number of ether oxygens (including phenoxy) is 1. The zero-order chi connectivity index (χ0) is 17.2. The smallest absolute Gasteiger partial charge is 0.306 e. The van der Waals surface area contributed by atoms with E-state index in [1.54, 1.807) is 0 Å². The molecule has 3 rings (SSSR count). The third-order valence-corrected chi connectivity index (χ3v) is 5.42. The molecule has 0 aliphatic heterocycles. The number of nitro groups is 1. The quantitative estimate of drug-likeness (QED) is 0.607. The number of carbonyl (C=O) groups is 1. The Morgan fingerprint density at radius 3 is 2.92 bits per heavy atom. The summed E-state index contributed by atoms with van der Waals surface area (Å²) in [6.07, 6.45) is 8.60. The Morgan fingerprint density at radius 2 is 2.29 bits per heavy atom. The van der Waals surface area contributed by atoms with Crippen molar-refractivity contribution in [1.82, 2.24) is 15.1 Å². The summed E-state index contributed by atoms with van der Waals surface area (Å²) in [5, 5.41) is 17.7. The first-order chi connectivity index (χ1) is 11.5. The average Bonchev–Trinajstić information content (AvgIpc) is 3.22. The molecule has 1 aromatic rings. The van der Waals surface area contributed by atoms with Crippen LogP contribution in [0.4, 0.5) is 5.69 Å². The van der Waals surface area contributed by atoms with E-state index >= 15 is 0 Å². The predicted molar refractivity (Wildman–Crippen MR) is 86.4 cm³/mol. The van der Waals surface area contributed by atoms with Crippen molar-refractivity contribution in [2.75, 3.05) is 6.61 Å². The topological polar surface area (TPSA) is 99.3 Å². The Bertz CT molecular complexity index is 609. The first-order valence-electron chi connectivity index (χ1n) is 8.63. The van der Waals surface area contributed by atoms with Gasteiger partial charge in [-0.25, -0.2) is 0 Å². The van der Waals surface area contributed by atoms with Gasteiger partial charge in [0.05, 0.1) is 11.0 Å². The van der Waals surface area contributed by atoms with Gasteiger partial charge in [-0.1, -0.05) is 12.8 Å². The maximum absolute atomic E-state index is 12.2. The molecule has 1 amide bonds. The van der Waals surface area contributed by atoms with Gasteiger partial charge in [0.15, 0.2) is 0 Å². The van der Waals surface area contributed by atoms with Crippen molar-refractivity contribution in [3.05, 3.63) is 22.5 Å². The molecule has 2 fully saturated rings. The SMILES string of the molecule is CCOC1CC(NC(=O)CCn2cc([N+](=O)[O-])cn2)C12CCCC2. The molecule has 1 spiro atoms. The van der Waals surface area contributed by atoms with Crippen LogP contribution in [0.25, 0.3) is 0 Å². The van der Waals surface area contributed by atoms with Crippen LogP contribution in [-0.4, -0.2) is 39.4 Å². The largest absolute Gasteiger partial charge is 0.378 e. The van der Waals surface area contributed by atoms with E-state index in [2.05, 4.69) is 10.4 Å². The number of nitrogens with zero attached hydrogens (tertiary/aromatic N) is 3. The van der Waals surface area contributed by atoms with Gasteiger partial charge >= 0.3 is 5.69 Å². The van der Waals surface area contributed by atoms with Gasteiger partial charge in [0.25, 0.3) is 0 Å². The van der Waals surface area contributed by atoms with E-state index in [4.69, 9.17) is 4.74 Å². The summed E-state index contributed by atoms with van der Waals surface area (Å²) in [7, 11) is 0. The molecule has 1 heterocycles. The van der Waals surface area contributed by atoms with Crippen molar-refractivity contribution < 1.29 is 14.5 Å². The minimum atomic E-state index is -0.490. The van der Waals surface area contributed by atoms with Gasteiger partial charge in [-0.15, -0.1) is 0 Å². The van der Waals surface area contributed by atoms with Crippen LogP contribution < -0.4 is 5.32 Å². The minimum Gasteiger partial charge on any atom is -0.378 e. The molecule has 0 saturated heterocycles. The molecule has 2 saturated carbocycles. The minimum absolute atomic E-state index is 0.0284. The number of aryl methyl sites for hydroxylation is 1. The Hall–Kier alpha value is -1.96. The zero-order valence-corrected chi connectivity index (χ0v) is 13.9. The molecule has 8 heteroatoms. The fraction of sp³-hybridized carbons (Fsp3) is 0.750. The van der Waals surface area contributed by atoms with E-state index < -0.39 is 4.92 Å². The molecule has 8 nitrogen and oxygen atoms in total. The summed E-state index contributed by atoms with van der Waals surface area (Å²) in [5.41, 5.74) is 0.0646. The molecular formula is C16H24N4O4. The lowest BCUT2D eigenvalue weighted by Crippen LogP contribution is -2.63. The second kappa shape index (κ2) is 6.88. The molecule has 2 atom stereocenters. The van der Waals surface area contributed by atoms with Crippen molar-refractivity contribution in [1.29, 1.82) is 0 Å². The Balaban J connectivity index is 1.50. The van der Waals surface area contributed by atoms with Crippen LogP contribution in [0.2, 0.25) is 0 Å². The van der Waals surface area contributed by atoms with Crippen LogP contribution in [-0.2, 0) is 16.1 Å². The van der Waals surface area contributed by atoms with E-state index in [1.165, 1.54) is 29.9 Å². The van der Waals surface area contributed by atoms with Gasteiger partial charge < -0.3 is 10.1 Å². The number of rotatable bonds is 7. The highest BCUT2D eigenvalue weighted by molar-refractivity contribution is 5.76. The molecule has 0 bridgehead atoms. The van der Waals surface area contributed by atoms with E-state index in [9.17, 15) is 14.9 Å². The van der Waals surface area contributed by atoms with Gasteiger partial charge in [-0.2, -0.15) is 5.10 Å². The third-order valence-electron chi connectivity index (χ3n) is 5.42. The number of nitrogens with one attached hydrogen (secondary N) is 1. The van der Waals surface area contributed by atoms with Crippen LogP contribution in [0.3, 0.4) is 0 Å². The maximum atomic E-state index is 12.2. The average molecular weight is 336 g/mol. The summed E-state index contributed by atoms with van der Waals surface area (Å²) in [6.45, 7) is 3.07. The molecule has 2 aliphatic rings. The van der Waals surface area contributed by atoms with Gasteiger partial charge in [-0.3, -0.25) is 19.6 Å². The monoisotopic (exact) mass is 336 g/mol. The number of aromatic nitrogens is 2. The third kappa shape index (κ3) is 3.15. The molecule has 24 heavy (non-hydrogen) atoms. The maximum Gasteiger partial charge on any atom is 0.306 e. The number of hydrogen-bond donors (Lipinski definition) is 1. The van der Waals surface area contributed by atoms with Crippen LogP contribution in [0, 0.1) is 15.5 Å². The van der Waals surface area contributed by atoms with Crippen molar-refractivity contribution in [3.63, 3.8) is 0 Å². The van der Waals surface area contributed by atoms with E-state index in [0.717, 1.165) is 19.3 Å². The molecule has 0 radical (unpaired) electrons. The summed E-state index contributed by atoms with van der Waals surface area (Å²) in [4.78, 5) is 22.4. The van der Waals surface area contributed by atoms with E-state index in [1.807, 2.05) is 6.92 Å². The van der Waals surface area contributed by atoms with Crippen LogP contribution in [0.1, 0.15) is 45.4 Å². The number of carbonyl (C=O) groups excluding carboxylic acids is 1. The molecule has 0 aromatic carbocycles. The highest BCUT2D eigenvalue weighted by Gasteiger charge is 2.57. The Kier molecular flexibility index (Phi) is 4.84. The molecule has 2 unspecified atom stereocenters. The van der Waals surface area contributed by atoms with Gasteiger partial charge in [0.2, 0.25) is 5.91 Å². The first-order valence-corrected chi connectivity index (χ1v) is 8.63. The predicted octanol–water partition coefficient (Wildman–Crippen LogP) is 2.04. The Morgan fingerprint density at radius 1 is 1.54 bits per heavy atom. The lowest BCUT2D eigenvalue weighted by molar-refractivity contribution is -0.385. The summed E-state index contributed by atoms with van der Waals surface area (Å²) in [6, 6.07) is 0.191. The van der Waals surface area contributed by atoms with Crippen LogP contribution in [0.15, 0.2) is 12.4 Å². The van der Waals surface area contributed by atoms with Gasteiger partial charge in [0.1, 0.15) is 12.4 Å². The summed E-state index contributed by atoms with van der Waals surface area (Å²) < 4.78 is 7.29. The number of hydrogen-bond acceptors (Lipinski definition) is 5. The highest BCUT2D eigenvalue weighted by Crippen LogP contribution is 2.54. The van der Waals surface area contributed by atoms with Crippen molar-refractivity contribution in [2.24, 2.45) is 5.41 Å². The van der Waals surface area contributed by atoms with E-state index in [0.29, 0.717) is 13.2 Å². The molecule has 1 N–H and O–H groups in total. The number of amides is 1. The second-order valence-corrected chi connectivity index (χ2v) is 6.71. The highest BCUT2D eigenvalue weighted by atomic mass is 16.6. The van der Waals surface area contributed by atoms with Gasteiger partial charge in [-0.05, 0) is 26.2 Å². The normalized spacial score (nSPS) is 24.7. The van der Waals surface area contributed by atoms with Crippen LogP contribution in [0.5, 0.6) is 0 Å². The lowest BCUT2D eigenvalue weighted by Gasteiger charge is -2.54. The molecule has 2 aliphatic carbocycles. The molecular weight excluding hydrogens is 312 g/mol.